The maximum Gasteiger partial charge on any atom is 0.322 e. The van der Waals surface area contributed by atoms with Gasteiger partial charge in [0.15, 0.2) is 0 Å². The first-order chi connectivity index (χ1) is 9.71. The molecule has 0 radical (unpaired) electrons. The summed E-state index contributed by atoms with van der Waals surface area (Å²) in [4.78, 5) is 15.1. The summed E-state index contributed by atoms with van der Waals surface area (Å²) >= 11 is 0. The summed E-state index contributed by atoms with van der Waals surface area (Å²) in [5.41, 5.74) is 0. The first-order valence-electron chi connectivity index (χ1n) is 7.15. The average molecular weight is 280 g/mol. The molecule has 1 aliphatic heterocycles. The molecule has 0 spiro atoms. The molecule has 1 fully saturated rings. The first kappa shape index (κ1) is 14.8. The molecule has 7 nitrogen and oxygen atoms in total. The Morgan fingerprint density at radius 1 is 1.20 bits per heavy atom. The molecular weight excluding hydrogens is 256 g/mol. The minimum Gasteiger partial charge on any atom is -0.467 e. The molecule has 0 amide bonds. The third-order valence-corrected chi connectivity index (χ3v) is 3.40. The van der Waals surface area contributed by atoms with Gasteiger partial charge in [0.1, 0.15) is 0 Å². The number of hydrogen-bond acceptors (Lipinski definition) is 7. The van der Waals surface area contributed by atoms with Crippen LogP contribution in [0.15, 0.2) is 0 Å². The van der Waals surface area contributed by atoms with Crippen LogP contribution in [-0.2, 0) is 0 Å². The molecule has 2 heterocycles. The van der Waals surface area contributed by atoms with E-state index in [2.05, 4.69) is 37.4 Å². The molecule has 20 heavy (non-hydrogen) atoms. The lowest BCUT2D eigenvalue weighted by molar-refractivity contribution is 0.294. The van der Waals surface area contributed by atoms with E-state index in [1.165, 1.54) is 25.9 Å². The zero-order valence-corrected chi connectivity index (χ0v) is 12.5. The number of likely N-dealkylation sites (tertiary alicyclic amines) is 1. The molecule has 1 saturated heterocycles. The highest BCUT2D eigenvalue weighted by molar-refractivity contribution is 5.35. The molecule has 1 aromatic heterocycles. The van der Waals surface area contributed by atoms with Crippen LogP contribution in [-0.4, -0.2) is 60.2 Å². The zero-order valence-electron chi connectivity index (χ0n) is 12.5. The first-order valence-corrected chi connectivity index (χ1v) is 7.15. The van der Waals surface area contributed by atoms with Gasteiger partial charge in [-0.05, 0) is 31.8 Å². The highest BCUT2D eigenvalue weighted by Crippen LogP contribution is 2.13. The normalized spacial score (nSPS) is 16.9. The van der Waals surface area contributed by atoms with Crippen LogP contribution in [0.1, 0.15) is 19.8 Å². The molecule has 1 aliphatic rings. The summed E-state index contributed by atoms with van der Waals surface area (Å²) in [6.07, 6.45) is 2.66. The predicted molar refractivity (Wildman–Crippen MR) is 79.3 cm³/mol. The number of methoxy groups -OCH3 is 1. The molecule has 1 unspecified atom stereocenters. The van der Waals surface area contributed by atoms with Gasteiger partial charge in [-0.25, -0.2) is 0 Å². The van der Waals surface area contributed by atoms with E-state index < -0.39 is 0 Å². The van der Waals surface area contributed by atoms with Crippen molar-refractivity contribution in [2.75, 3.05) is 51.0 Å². The van der Waals surface area contributed by atoms with Crippen LogP contribution in [0, 0.1) is 5.92 Å². The number of nitrogens with one attached hydrogen (secondary N) is 2. The lowest BCUT2D eigenvalue weighted by Gasteiger charge is -2.20. The monoisotopic (exact) mass is 280 g/mol. The molecule has 0 aromatic carbocycles. The van der Waals surface area contributed by atoms with Crippen molar-refractivity contribution in [2.45, 2.75) is 19.8 Å². The minimum absolute atomic E-state index is 0.319. The van der Waals surface area contributed by atoms with E-state index in [0.717, 1.165) is 13.1 Å². The fourth-order valence-corrected chi connectivity index (χ4v) is 2.37. The second-order valence-corrected chi connectivity index (χ2v) is 5.21. The Kier molecular flexibility index (Phi) is 5.34. The van der Waals surface area contributed by atoms with E-state index in [4.69, 9.17) is 4.74 Å². The largest absolute Gasteiger partial charge is 0.467 e. The molecule has 2 rings (SSSR count). The fourth-order valence-electron chi connectivity index (χ4n) is 2.37. The quantitative estimate of drug-likeness (QED) is 0.773. The second-order valence-electron chi connectivity index (χ2n) is 5.21. The zero-order chi connectivity index (χ0) is 14.4. The fraction of sp³-hybridized carbons (Fsp3) is 0.769. The van der Waals surface area contributed by atoms with Crippen LogP contribution in [0.4, 0.5) is 11.9 Å². The van der Waals surface area contributed by atoms with Gasteiger partial charge in [-0.3, -0.25) is 0 Å². The molecule has 2 N–H and O–H groups in total. The summed E-state index contributed by atoms with van der Waals surface area (Å²) in [7, 11) is 3.32. The number of hydrogen-bond donors (Lipinski definition) is 2. The number of nitrogens with zero attached hydrogens (tertiary/aromatic N) is 4. The van der Waals surface area contributed by atoms with Gasteiger partial charge in [-0.2, -0.15) is 15.0 Å². The van der Waals surface area contributed by atoms with E-state index in [9.17, 15) is 0 Å². The van der Waals surface area contributed by atoms with Crippen molar-refractivity contribution in [1.29, 1.82) is 0 Å². The standard InChI is InChI=1S/C13H24N6O/c1-10(9-19-6-4-5-7-19)8-15-12-16-11(14-2)17-13(18-12)20-3/h10H,4-9H2,1-3H3,(H2,14,15,16,17,18). The predicted octanol–water partition coefficient (Wildman–Crippen LogP) is 1.07. The van der Waals surface area contributed by atoms with Gasteiger partial charge in [-0.1, -0.05) is 6.92 Å². The van der Waals surface area contributed by atoms with E-state index in [-0.39, 0.29) is 0 Å². The molecule has 1 atom stereocenters. The third-order valence-electron chi connectivity index (χ3n) is 3.40. The van der Waals surface area contributed by atoms with Gasteiger partial charge in [-0.15, -0.1) is 0 Å². The van der Waals surface area contributed by atoms with Crippen molar-refractivity contribution in [3.05, 3.63) is 0 Å². The van der Waals surface area contributed by atoms with Crippen LogP contribution >= 0.6 is 0 Å². The van der Waals surface area contributed by atoms with Gasteiger partial charge in [0.2, 0.25) is 11.9 Å². The summed E-state index contributed by atoms with van der Waals surface area (Å²) in [6.45, 7) is 6.66. The number of aromatic nitrogens is 3. The average Bonchev–Trinajstić information content (AvgIpc) is 2.97. The third kappa shape index (κ3) is 4.19. The summed E-state index contributed by atoms with van der Waals surface area (Å²) in [6, 6.07) is 0.319. The van der Waals surface area contributed by atoms with Crippen LogP contribution in [0.5, 0.6) is 6.01 Å². The van der Waals surface area contributed by atoms with E-state index >= 15 is 0 Å². The maximum atomic E-state index is 5.06. The second kappa shape index (κ2) is 7.23. The van der Waals surface area contributed by atoms with Crippen LogP contribution in [0.25, 0.3) is 0 Å². The number of anilines is 2. The molecule has 1 aromatic rings. The van der Waals surface area contributed by atoms with Crippen LogP contribution in [0.3, 0.4) is 0 Å². The van der Waals surface area contributed by atoms with Gasteiger partial charge in [0, 0.05) is 20.1 Å². The molecule has 0 aliphatic carbocycles. The van der Waals surface area contributed by atoms with Crippen LogP contribution < -0.4 is 15.4 Å². The van der Waals surface area contributed by atoms with E-state index in [0.29, 0.717) is 23.8 Å². The van der Waals surface area contributed by atoms with Crippen LogP contribution in [0.2, 0.25) is 0 Å². The summed E-state index contributed by atoms with van der Waals surface area (Å²) < 4.78 is 5.06. The SMILES string of the molecule is CNc1nc(NCC(C)CN2CCCC2)nc(OC)n1. The van der Waals surface area contributed by atoms with Crippen molar-refractivity contribution >= 4 is 11.9 Å². The van der Waals surface area contributed by atoms with Crippen molar-refractivity contribution in [2.24, 2.45) is 5.92 Å². The molecule has 112 valence electrons. The number of ether oxygens (including phenoxy) is 1. The lowest BCUT2D eigenvalue weighted by Crippen LogP contribution is -2.29. The molecule has 7 heteroatoms. The summed E-state index contributed by atoms with van der Waals surface area (Å²) in [5.74, 6) is 1.61. The highest BCUT2D eigenvalue weighted by Gasteiger charge is 2.15. The minimum atomic E-state index is 0.319. The van der Waals surface area contributed by atoms with Crippen molar-refractivity contribution < 1.29 is 4.74 Å². The number of rotatable bonds is 7. The molecule has 0 bridgehead atoms. The highest BCUT2D eigenvalue weighted by atomic mass is 16.5. The van der Waals surface area contributed by atoms with Gasteiger partial charge < -0.3 is 20.3 Å². The Bertz CT molecular complexity index is 399. The van der Waals surface area contributed by atoms with Crippen molar-refractivity contribution in [1.82, 2.24) is 19.9 Å². The topological polar surface area (TPSA) is 75.2 Å². The van der Waals surface area contributed by atoms with Gasteiger partial charge >= 0.3 is 6.01 Å². The van der Waals surface area contributed by atoms with E-state index in [1.807, 2.05) is 0 Å². The summed E-state index contributed by atoms with van der Waals surface area (Å²) in [5, 5.41) is 6.16. The lowest BCUT2D eigenvalue weighted by atomic mass is 10.1. The Labute approximate surface area is 120 Å². The smallest absolute Gasteiger partial charge is 0.322 e. The van der Waals surface area contributed by atoms with Crippen molar-refractivity contribution in [3.63, 3.8) is 0 Å². The Balaban J connectivity index is 1.85. The maximum absolute atomic E-state index is 5.06. The van der Waals surface area contributed by atoms with Gasteiger partial charge in [0.05, 0.1) is 7.11 Å². The Hall–Kier alpha value is -1.63. The van der Waals surface area contributed by atoms with Crippen molar-refractivity contribution in [3.8, 4) is 6.01 Å². The Morgan fingerprint density at radius 2 is 1.90 bits per heavy atom. The van der Waals surface area contributed by atoms with E-state index in [1.54, 1.807) is 14.2 Å². The molecule has 0 saturated carbocycles. The Morgan fingerprint density at radius 3 is 2.55 bits per heavy atom. The van der Waals surface area contributed by atoms with Gasteiger partial charge in [0.25, 0.3) is 0 Å². The molecular formula is C13H24N6O.